The highest BCUT2D eigenvalue weighted by Crippen LogP contribution is 2.06. The second kappa shape index (κ2) is 11.6. The molecule has 3 amide bonds. The maximum absolute atomic E-state index is 12.6. The van der Waals surface area contributed by atoms with Gasteiger partial charge in [-0.05, 0) is 20.3 Å². The molecule has 0 aromatic heterocycles. The quantitative estimate of drug-likeness (QED) is 0.198. The summed E-state index contributed by atoms with van der Waals surface area (Å²) in [6, 6.07) is -4.95. The Morgan fingerprint density at radius 3 is 2.13 bits per heavy atom. The lowest BCUT2D eigenvalue weighted by molar-refractivity contribution is -0.143. The first-order chi connectivity index (χ1) is 14.0. The minimum absolute atomic E-state index is 0.0784. The normalized spacial score (nSPS) is 18.7. The van der Waals surface area contributed by atoms with Crippen LogP contribution in [0.3, 0.4) is 0 Å². The zero-order chi connectivity index (χ0) is 22.8. The molecule has 30 heavy (non-hydrogen) atoms. The fraction of sp³-hybridized carbons (Fsp3) is 0.588. The molecule has 166 valence electrons. The largest absolute Gasteiger partial charge is 0.481 e. The summed E-state index contributed by atoms with van der Waals surface area (Å²) in [5.41, 5.74) is 5.51. The lowest BCUT2D eigenvalue weighted by Crippen LogP contribution is -2.56. The molecule has 0 saturated carbocycles. The number of rotatable bonds is 12. The van der Waals surface area contributed by atoms with E-state index in [2.05, 4.69) is 25.9 Å². The van der Waals surface area contributed by atoms with E-state index in [4.69, 9.17) is 15.9 Å². The number of hydrogen-bond acceptors (Lipinski definition) is 8. The van der Waals surface area contributed by atoms with E-state index in [1.807, 2.05) is 0 Å². The molecule has 1 aliphatic heterocycles. The maximum Gasteiger partial charge on any atom is 0.326 e. The minimum atomic E-state index is -1.43. The first-order valence-electron chi connectivity index (χ1n) is 9.17. The number of aliphatic imine (C=N–C) groups is 2. The van der Waals surface area contributed by atoms with E-state index in [1.54, 1.807) is 0 Å². The van der Waals surface area contributed by atoms with Gasteiger partial charge in [-0.2, -0.15) is 0 Å². The molecule has 5 atom stereocenters. The Morgan fingerprint density at radius 2 is 1.63 bits per heavy atom. The summed E-state index contributed by atoms with van der Waals surface area (Å²) < 4.78 is 0. The number of hydrogen-bond donors (Lipinski definition) is 6. The Hall–Kier alpha value is -3.35. The van der Waals surface area contributed by atoms with Gasteiger partial charge in [0, 0.05) is 19.1 Å². The molecule has 0 aromatic rings. The second-order valence-corrected chi connectivity index (χ2v) is 6.78. The lowest BCUT2D eigenvalue weighted by Gasteiger charge is -2.23. The SMILES string of the molecule is C[C@H](N)C(=O)N[C@@H](CC1C=NC=N1)C(=O)N[C@@H](C)C(=O)N[C@@H](CCC(=O)O)C(=O)O. The summed E-state index contributed by atoms with van der Waals surface area (Å²) in [6.07, 6.45) is 2.12. The summed E-state index contributed by atoms with van der Waals surface area (Å²) in [4.78, 5) is 66.4. The van der Waals surface area contributed by atoms with Crippen molar-refractivity contribution in [2.45, 2.75) is 63.3 Å². The molecule has 0 radical (unpaired) electrons. The number of carboxylic acid groups (broad SMARTS) is 2. The van der Waals surface area contributed by atoms with Gasteiger partial charge < -0.3 is 31.9 Å². The van der Waals surface area contributed by atoms with Gasteiger partial charge in [0.05, 0.1) is 12.1 Å². The Labute approximate surface area is 172 Å². The number of carbonyl (C=O) groups excluding carboxylic acids is 3. The minimum Gasteiger partial charge on any atom is -0.481 e. The van der Waals surface area contributed by atoms with E-state index in [0.29, 0.717) is 0 Å². The summed E-state index contributed by atoms with van der Waals surface area (Å²) in [6.45, 7) is 2.77. The number of amides is 3. The van der Waals surface area contributed by atoms with Gasteiger partial charge in [0.2, 0.25) is 17.7 Å². The average Bonchev–Trinajstić information content (AvgIpc) is 3.16. The zero-order valence-corrected chi connectivity index (χ0v) is 16.6. The topological polar surface area (TPSA) is 213 Å². The maximum atomic E-state index is 12.6. The lowest BCUT2D eigenvalue weighted by atomic mass is 10.1. The van der Waals surface area contributed by atoms with Crippen LogP contribution in [-0.4, -0.2) is 82.6 Å². The summed E-state index contributed by atoms with van der Waals surface area (Å²) in [5, 5.41) is 24.8. The molecule has 0 saturated heterocycles. The van der Waals surface area contributed by atoms with Gasteiger partial charge in [0.15, 0.2) is 0 Å². The number of nitrogens with two attached hydrogens (primary N) is 1. The van der Waals surface area contributed by atoms with Gasteiger partial charge in [-0.25, -0.2) is 9.79 Å². The molecule has 1 unspecified atom stereocenters. The van der Waals surface area contributed by atoms with Crippen molar-refractivity contribution in [3.8, 4) is 0 Å². The van der Waals surface area contributed by atoms with Crippen LogP contribution in [0.25, 0.3) is 0 Å². The van der Waals surface area contributed by atoms with Gasteiger partial charge in [0.1, 0.15) is 24.5 Å². The van der Waals surface area contributed by atoms with Crippen molar-refractivity contribution in [2.75, 3.05) is 0 Å². The van der Waals surface area contributed by atoms with Crippen molar-refractivity contribution in [2.24, 2.45) is 15.7 Å². The monoisotopic (exact) mass is 426 g/mol. The first kappa shape index (κ1) is 24.7. The highest BCUT2D eigenvalue weighted by atomic mass is 16.4. The molecule has 0 bridgehead atoms. The Morgan fingerprint density at radius 1 is 1.00 bits per heavy atom. The molecule has 0 aliphatic carbocycles. The van der Waals surface area contributed by atoms with Crippen LogP contribution in [0.5, 0.6) is 0 Å². The van der Waals surface area contributed by atoms with E-state index < -0.39 is 66.3 Å². The predicted octanol–water partition coefficient (Wildman–Crippen LogP) is -2.37. The molecule has 7 N–H and O–H groups in total. The third-order valence-corrected chi connectivity index (χ3v) is 4.12. The molecule has 13 nitrogen and oxygen atoms in total. The van der Waals surface area contributed by atoms with Crippen LogP contribution in [0.2, 0.25) is 0 Å². The van der Waals surface area contributed by atoms with Crippen LogP contribution >= 0.6 is 0 Å². The standard InChI is InChI=1S/C17H26N6O7/c1-8(18)14(26)23-12(5-10-6-19-7-20-10)16(28)21-9(2)15(27)22-11(17(29)30)3-4-13(24)25/h6-12H,3-5,18H2,1-2H3,(H,21,28)(H,22,27)(H,23,26)(H,24,25)(H,29,30)/t8-,9-,10?,11-,12-/m0/s1. The molecule has 1 aliphatic rings. The molecule has 0 aromatic carbocycles. The number of nitrogens with zero attached hydrogens (tertiary/aromatic N) is 2. The Kier molecular flexibility index (Phi) is 9.55. The fourth-order valence-corrected chi connectivity index (χ4v) is 2.40. The van der Waals surface area contributed by atoms with Crippen LogP contribution in [0.15, 0.2) is 9.98 Å². The van der Waals surface area contributed by atoms with Crippen molar-refractivity contribution < 1.29 is 34.2 Å². The molecular weight excluding hydrogens is 400 g/mol. The molecule has 13 heteroatoms. The van der Waals surface area contributed by atoms with Crippen molar-refractivity contribution >= 4 is 42.2 Å². The number of carbonyl (C=O) groups is 5. The van der Waals surface area contributed by atoms with Crippen LogP contribution in [-0.2, 0) is 24.0 Å². The van der Waals surface area contributed by atoms with Crippen molar-refractivity contribution in [3.63, 3.8) is 0 Å². The van der Waals surface area contributed by atoms with Crippen LogP contribution < -0.4 is 21.7 Å². The van der Waals surface area contributed by atoms with Crippen molar-refractivity contribution in [1.82, 2.24) is 16.0 Å². The van der Waals surface area contributed by atoms with E-state index in [-0.39, 0.29) is 12.8 Å². The van der Waals surface area contributed by atoms with Gasteiger partial charge in [0.25, 0.3) is 0 Å². The highest BCUT2D eigenvalue weighted by Gasteiger charge is 2.29. The van der Waals surface area contributed by atoms with Gasteiger partial charge in [-0.15, -0.1) is 0 Å². The molecule has 0 fully saturated rings. The van der Waals surface area contributed by atoms with Gasteiger partial charge in [-0.3, -0.25) is 24.2 Å². The molecule has 0 spiro atoms. The van der Waals surface area contributed by atoms with Crippen LogP contribution in [0.1, 0.15) is 33.1 Å². The molecule has 1 heterocycles. The van der Waals surface area contributed by atoms with Crippen molar-refractivity contribution in [3.05, 3.63) is 0 Å². The first-order valence-corrected chi connectivity index (χ1v) is 9.17. The fourth-order valence-electron chi connectivity index (χ4n) is 2.40. The third-order valence-electron chi connectivity index (χ3n) is 4.12. The van der Waals surface area contributed by atoms with Gasteiger partial charge in [-0.1, -0.05) is 0 Å². The van der Waals surface area contributed by atoms with E-state index in [9.17, 15) is 24.0 Å². The summed E-state index contributed by atoms with van der Waals surface area (Å²) in [7, 11) is 0. The Balaban J connectivity index is 2.74. The Bertz CT molecular complexity index is 724. The van der Waals surface area contributed by atoms with Crippen LogP contribution in [0, 0.1) is 0 Å². The molecule has 1 rings (SSSR count). The molecular formula is C17H26N6O7. The smallest absolute Gasteiger partial charge is 0.326 e. The zero-order valence-electron chi connectivity index (χ0n) is 16.6. The van der Waals surface area contributed by atoms with E-state index in [1.165, 1.54) is 26.4 Å². The van der Waals surface area contributed by atoms with Crippen LogP contribution in [0.4, 0.5) is 0 Å². The highest BCUT2D eigenvalue weighted by molar-refractivity contribution is 5.94. The predicted molar refractivity (Wildman–Crippen MR) is 105 cm³/mol. The summed E-state index contributed by atoms with van der Waals surface area (Å²) >= 11 is 0. The summed E-state index contributed by atoms with van der Waals surface area (Å²) in [5.74, 6) is -4.70. The number of carboxylic acids is 2. The van der Waals surface area contributed by atoms with Gasteiger partial charge >= 0.3 is 11.9 Å². The van der Waals surface area contributed by atoms with Crippen molar-refractivity contribution in [1.29, 1.82) is 0 Å². The third kappa shape index (κ3) is 8.34. The van der Waals surface area contributed by atoms with E-state index in [0.717, 1.165) is 0 Å². The average molecular weight is 426 g/mol. The number of nitrogens with one attached hydrogen (secondary N) is 3. The van der Waals surface area contributed by atoms with E-state index >= 15 is 0 Å². The second-order valence-electron chi connectivity index (χ2n) is 6.78. The number of aliphatic carboxylic acids is 2.